The summed E-state index contributed by atoms with van der Waals surface area (Å²) in [6.07, 6.45) is 3.91. The summed E-state index contributed by atoms with van der Waals surface area (Å²) < 4.78 is 16.0. The summed E-state index contributed by atoms with van der Waals surface area (Å²) >= 11 is 0. The lowest BCUT2D eigenvalue weighted by Crippen LogP contribution is -2.46. The van der Waals surface area contributed by atoms with E-state index in [0.717, 1.165) is 38.8 Å². The predicted octanol–water partition coefficient (Wildman–Crippen LogP) is 1.17. The van der Waals surface area contributed by atoms with Crippen LogP contribution in [0.25, 0.3) is 0 Å². The lowest BCUT2D eigenvalue weighted by atomic mass is 10.0. The highest BCUT2D eigenvalue weighted by Crippen LogP contribution is 2.20. The van der Waals surface area contributed by atoms with Crippen LogP contribution in [0.1, 0.15) is 32.6 Å². The molecular weight excluding hydrogens is 234 g/mol. The first-order valence-electron chi connectivity index (χ1n) is 6.95. The maximum Gasteiger partial charge on any atom is 0.323 e. The monoisotopic (exact) mass is 257 g/mol. The topological polar surface area (TPSA) is 48.0 Å². The van der Waals surface area contributed by atoms with Gasteiger partial charge in [-0.1, -0.05) is 6.42 Å². The molecular formula is C13H23NO4. The average Bonchev–Trinajstić information content (AvgIpc) is 2.90. The van der Waals surface area contributed by atoms with Gasteiger partial charge in [0.25, 0.3) is 0 Å². The molecule has 2 heterocycles. The summed E-state index contributed by atoms with van der Waals surface area (Å²) in [5, 5.41) is 0. The summed E-state index contributed by atoms with van der Waals surface area (Å²) in [4.78, 5) is 14.1. The van der Waals surface area contributed by atoms with Gasteiger partial charge >= 0.3 is 5.97 Å². The van der Waals surface area contributed by atoms with Crippen LogP contribution in [0.5, 0.6) is 0 Å². The number of carbonyl (C=O) groups is 1. The molecule has 0 saturated carbocycles. The van der Waals surface area contributed by atoms with E-state index in [1.807, 2.05) is 6.92 Å². The van der Waals surface area contributed by atoms with Crippen molar-refractivity contribution >= 4 is 5.97 Å². The van der Waals surface area contributed by atoms with E-state index in [1.54, 1.807) is 0 Å². The maximum atomic E-state index is 11.9. The van der Waals surface area contributed by atoms with Crippen LogP contribution in [0.3, 0.4) is 0 Å². The van der Waals surface area contributed by atoms with Crippen LogP contribution in [0.15, 0.2) is 0 Å². The normalized spacial score (nSPS) is 26.4. The van der Waals surface area contributed by atoms with E-state index in [9.17, 15) is 4.79 Å². The number of ether oxygens (including phenoxy) is 3. The highest BCUT2D eigenvalue weighted by Gasteiger charge is 2.30. The zero-order valence-corrected chi connectivity index (χ0v) is 11.1. The first kappa shape index (κ1) is 13.8. The zero-order valence-electron chi connectivity index (χ0n) is 11.1. The third-order valence-corrected chi connectivity index (χ3v) is 3.52. The van der Waals surface area contributed by atoms with Gasteiger partial charge in [-0.15, -0.1) is 0 Å². The van der Waals surface area contributed by atoms with Crippen molar-refractivity contribution in [2.45, 2.75) is 44.9 Å². The van der Waals surface area contributed by atoms with Crippen molar-refractivity contribution in [3.8, 4) is 0 Å². The lowest BCUT2D eigenvalue weighted by molar-refractivity contribution is -0.151. The largest absolute Gasteiger partial charge is 0.465 e. The van der Waals surface area contributed by atoms with Crippen LogP contribution in [0.2, 0.25) is 0 Å². The molecule has 104 valence electrons. The third-order valence-electron chi connectivity index (χ3n) is 3.52. The summed E-state index contributed by atoms with van der Waals surface area (Å²) in [5.41, 5.74) is 0. The first-order valence-corrected chi connectivity index (χ1v) is 6.95. The number of carbonyl (C=O) groups excluding carboxylic acids is 1. The standard InChI is InChI=1S/C13H23NO4/c1-2-16-13(15)11-5-3-4-7-14(11)8-6-12-17-9-10-18-12/h11-12H,2-10H2,1H3. The molecule has 2 aliphatic rings. The molecule has 1 unspecified atom stereocenters. The quantitative estimate of drug-likeness (QED) is 0.692. The minimum absolute atomic E-state index is 0.0693. The molecule has 2 saturated heterocycles. The van der Waals surface area contributed by atoms with Crippen molar-refractivity contribution in [1.29, 1.82) is 0 Å². The van der Waals surface area contributed by atoms with Gasteiger partial charge in [0.05, 0.1) is 19.8 Å². The van der Waals surface area contributed by atoms with Crippen molar-refractivity contribution in [2.24, 2.45) is 0 Å². The van der Waals surface area contributed by atoms with E-state index in [2.05, 4.69) is 4.90 Å². The van der Waals surface area contributed by atoms with E-state index in [1.165, 1.54) is 0 Å². The van der Waals surface area contributed by atoms with Gasteiger partial charge in [0.15, 0.2) is 6.29 Å². The fourth-order valence-electron chi connectivity index (χ4n) is 2.61. The molecule has 2 rings (SSSR count). The van der Waals surface area contributed by atoms with Crippen LogP contribution in [0, 0.1) is 0 Å². The molecule has 1 atom stereocenters. The fraction of sp³-hybridized carbons (Fsp3) is 0.923. The molecule has 5 heteroatoms. The van der Waals surface area contributed by atoms with Crippen LogP contribution >= 0.6 is 0 Å². The van der Waals surface area contributed by atoms with Crippen molar-refractivity contribution in [1.82, 2.24) is 4.90 Å². The van der Waals surface area contributed by atoms with Crippen molar-refractivity contribution in [2.75, 3.05) is 32.9 Å². The Balaban J connectivity index is 1.80. The van der Waals surface area contributed by atoms with Crippen molar-refractivity contribution in [3.63, 3.8) is 0 Å². The molecule has 0 aromatic rings. The highest BCUT2D eigenvalue weighted by atomic mass is 16.7. The fourth-order valence-corrected chi connectivity index (χ4v) is 2.61. The summed E-state index contributed by atoms with van der Waals surface area (Å²) in [6.45, 7) is 5.49. The molecule has 0 N–H and O–H groups in total. The number of piperidine rings is 1. The first-order chi connectivity index (χ1) is 8.81. The predicted molar refractivity (Wildman–Crippen MR) is 66.2 cm³/mol. The van der Waals surface area contributed by atoms with E-state index in [-0.39, 0.29) is 18.3 Å². The Morgan fingerprint density at radius 3 is 2.83 bits per heavy atom. The van der Waals surface area contributed by atoms with E-state index < -0.39 is 0 Å². The van der Waals surface area contributed by atoms with Crippen molar-refractivity contribution in [3.05, 3.63) is 0 Å². The van der Waals surface area contributed by atoms with Crippen LogP contribution in [-0.2, 0) is 19.0 Å². The van der Waals surface area contributed by atoms with Gasteiger partial charge in [-0.25, -0.2) is 0 Å². The number of nitrogens with zero attached hydrogens (tertiary/aromatic N) is 1. The summed E-state index contributed by atoms with van der Waals surface area (Å²) in [7, 11) is 0. The Morgan fingerprint density at radius 2 is 2.11 bits per heavy atom. The number of likely N-dealkylation sites (tertiary alicyclic amines) is 1. The molecule has 0 amide bonds. The number of hydrogen-bond donors (Lipinski definition) is 0. The number of hydrogen-bond acceptors (Lipinski definition) is 5. The zero-order chi connectivity index (χ0) is 12.8. The van der Waals surface area contributed by atoms with Crippen LogP contribution < -0.4 is 0 Å². The van der Waals surface area contributed by atoms with E-state index in [0.29, 0.717) is 19.8 Å². The van der Waals surface area contributed by atoms with E-state index >= 15 is 0 Å². The Morgan fingerprint density at radius 1 is 1.33 bits per heavy atom. The summed E-state index contributed by atoms with van der Waals surface area (Å²) in [5.74, 6) is -0.0783. The Bertz CT molecular complexity index is 266. The lowest BCUT2D eigenvalue weighted by Gasteiger charge is -2.34. The van der Waals surface area contributed by atoms with Crippen LogP contribution in [-0.4, -0.2) is 56.1 Å². The Kier molecular flexibility index (Phi) is 5.41. The molecule has 0 spiro atoms. The Hall–Kier alpha value is -0.650. The smallest absolute Gasteiger partial charge is 0.323 e. The molecule has 0 radical (unpaired) electrons. The molecule has 2 aliphatic heterocycles. The molecule has 0 aromatic carbocycles. The minimum Gasteiger partial charge on any atom is -0.465 e. The molecule has 0 aromatic heterocycles. The highest BCUT2D eigenvalue weighted by molar-refractivity contribution is 5.75. The molecule has 0 bridgehead atoms. The van der Waals surface area contributed by atoms with Gasteiger partial charge in [-0.05, 0) is 26.3 Å². The Labute approximate surface area is 108 Å². The average molecular weight is 257 g/mol. The second-order valence-corrected chi connectivity index (χ2v) is 4.76. The molecule has 18 heavy (non-hydrogen) atoms. The second-order valence-electron chi connectivity index (χ2n) is 4.76. The third kappa shape index (κ3) is 3.67. The van der Waals surface area contributed by atoms with Gasteiger partial charge in [-0.3, -0.25) is 9.69 Å². The van der Waals surface area contributed by atoms with Gasteiger partial charge in [0.1, 0.15) is 6.04 Å². The molecule has 5 nitrogen and oxygen atoms in total. The second kappa shape index (κ2) is 7.07. The number of esters is 1. The molecule has 2 fully saturated rings. The van der Waals surface area contributed by atoms with Crippen LogP contribution in [0.4, 0.5) is 0 Å². The SMILES string of the molecule is CCOC(=O)C1CCCCN1CCC1OCCO1. The van der Waals surface area contributed by atoms with Gasteiger partial charge in [-0.2, -0.15) is 0 Å². The number of rotatable bonds is 5. The van der Waals surface area contributed by atoms with E-state index in [4.69, 9.17) is 14.2 Å². The minimum atomic E-state index is -0.0882. The van der Waals surface area contributed by atoms with Gasteiger partial charge in [0.2, 0.25) is 0 Å². The maximum absolute atomic E-state index is 11.9. The van der Waals surface area contributed by atoms with Gasteiger partial charge in [0, 0.05) is 13.0 Å². The van der Waals surface area contributed by atoms with Gasteiger partial charge < -0.3 is 14.2 Å². The molecule has 0 aliphatic carbocycles. The summed E-state index contributed by atoms with van der Waals surface area (Å²) in [6, 6.07) is -0.0693. The van der Waals surface area contributed by atoms with Crippen molar-refractivity contribution < 1.29 is 19.0 Å².